The first-order valence-electron chi connectivity index (χ1n) is 10.2. The Morgan fingerprint density at radius 1 is 0.889 bits per heavy atom. The predicted octanol–water partition coefficient (Wildman–Crippen LogP) is 3.76. The highest BCUT2D eigenvalue weighted by atomic mass is 16.2. The highest BCUT2D eigenvalue weighted by Crippen LogP contribution is 2.27. The molecule has 2 heterocycles. The number of benzene rings is 1. The molecule has 27 heavy (non-hydrogen) atoms. The summed E-state index contributed by atoms with van der Waals surface area (Å²) in [5.74, 6) is 1.85. The molecule has 2 aromatic rings. The van der Waals surface area contributed by atoms with Gasteiger partial charge in [-0.1, -0.05) is 49.6 Å². The second kappa shape index (κ2) is 8.51. The fourth-order valence-electron chi connectivity index (χ4n) is 4.21. The van der Waals surface area contributed by atoms with Crippen molar-refractivity contribution >= 4 is 11.7 Å². The Bertz CT molecular complexity index is 733. The molecule has 1 aliphatic heterocycles. The van der Waals surface area contributed by atoms with E-state index < -0.39 is 0 Å². The summed E-state index contributed by atoms with van der Waals surface area (Å²) < 4.78 is 0. The Morgan fingerprint density at radius 3 is 2.30 bits per heavy atom. The molecule has 142 valence electrons. The Balaban J connectivity index is 1.30. The molecule has 2 fully saturated rings. The van der Waals surface area contributed by atoms with E-state index in [2.05, 4.69) is 15.1 Å². The molecule has 1 aliphatic carbocycles. The van der Waals surface area contributed by atoms with Crippen LogP contribution in [0.4, 0.5) is 5.82 Å². The average Bonchev–Trinajstić information content (AvgIpc) is 2.75. The summed E-state index contributed by atoms with van der Waals surface area (Å²) in [5.41, 5.74) is 1.97. The zero-order valence-corrected chi connectivity index (χ0v) is 15.9. The smallest absolute Gasteiger partial charge is 0.222 e. The predicted molar refractivity (Wildman–Crippen MR) is 107 cm³/mol. The lowest BCUT2D eigenvalue weighted by molar-refractivity contribution is -0.132. The van der Waals surface area contributed by atoms with Crippen LogP contribution in [-0.4, -0.2) is 47.2 Å². The maximum absolute atomic E-state index is 12.6. The minimum atomic E-state index is 0.340. The average molecular weight is 364 g/mol. The van der Waals surface area contributed by atoms with Crippen molar-refractivity contribution in [2.24, 2.45) is 5.92 Å². The largest absolute Gasteiger partial charge is 0.352 e. The van der Waals surface area contributed by atoms with E-state index in [0.29, 0.717) is 11.8 Å². The molecule has 0 atom stereocenters. The van der Waals surface area contributed by atoms with E-state index in [-0.39, 0.29) is 0 Å². The Kier molecular flexibility index (Phi) is 5.66. The molecule has 4 rings (SSSR count). The van der Waals surface area contributed by atoms with Crippen LogP contribution in [0.15, 0.2) is 42.5 Å². The summed E-state index contributed by atoms with van der Waals surface area (Å²) in [4.78, 5) is 16.9. The number of carbonyl (C=O) groups excluding carboxylic acids is 1. The first kappa shape index (κ1) is 18.0. The molecule has 0 bridgehead atoms. The van der Waals surface area contributed by atoms with Crippen LogP contribution in [0, 0.1) is 5.92 Å². The van der Waals surface area contributed by atoms with Gasteiger partial charge in [0.2, 0.25) is 5.91 Å². The van der Waals surface area contributed by atoms with Gasteiger partial charge in [-0.15, -0.1) is 10.2 Å². The highest BCUT2D eigenvalue weighted by molar-refractivity contribution is 5.76. The molecule has 1 saturated heterocycles. The molecular weight excluding hydrogens is 336 g/mol. The first-order valence-corrected chi connectivity index (χ1v) is 10.2. The molecule has 5 nitrogen and oxygen atoms in total. The topological polar surface area (TPSA) is 49.3 Å². The van der Waals surface area contributed by atoms with E-state index in [1.165, 1.54) is 32.1 Å². The summed E-state index contributed by atoms with van der Waals surface area (Å²) in [6, 6.07) is 14.2. The van der Waals surface area contributed by atoms with E-state index in [1.54, 1.807) is 0 Å². The Labute approximate surface area is 161 Å². The second-order valence-corrected chi connectivity index (χ2v) is 7.72. The third-order valence-corrected chi connectivity index (χ3v) is 5.86. The van der Waals surface area contributed by atoms with Gasteiger partial charge < -0.3 is 9.80 Å². The normalized spacial score (nSPS) is 18.5. The van der Waals surface area contributed by atoms with Crippen molar-refractivity contribution in [3.8, 4) is 11.3 Å². The lowest BCUT2D eigenvalue weighted by atomic mass is 9.86. The Hall–Kier alpha value is -2.43. The van der Waals surface area contributed by atoms with Crippen molar-refractivity contribution in [2.45, 2.75) is 38.5 Å². The van der Waals surface area contributed by atoms with Crippen molar-refractivity contribution in [3.63, 3.8) is 0 Å². The quantitative estimate of drug-likeness (QED) is 0.829. The molecule has 1 amide bonds. The van der Waals surface area contributed by atoms with E-state index in [1.807, 2.05) is 47.4 Å². The van der Waals surface area contributed by atoms with Crippen LogP contribution in [0.25, 0.3) is 11.3 Å². The number of aromatic nitrogens is 2. The van der Waals surface area contributed by atoms with E-state index >= 15 is 0 Å². The van der Waals surface area contributed by atoms with E-state index in [0.717, 1.165) is 49.7 Å². The molecule has 0 spiro atoms. The molecule has 2 aliphatic rings. The van der Waals surface area contributed by atoms with Crippen molar-refractivity contribution in [2.75, 3.05) is 31.1 Å². The van der Waals surface area contributed by atoms with Crippen LogP contribution < -0.4 is 4.90 Å². The minimum Gasteiger partial charge on any atom is -0.352 e. The number of hydrogen-bond acceptors (Lipinski definition) is 4. The number of rotatable bonds is 4. The van der Waals surface area contributed by atoms with Crippen LogP contribution >= 0.6 is 0 Å². The molecule has 0 N–H and O–H groups in total. The number of amides is 1. The van der Waals surface area contributed by atoms with E-state index in [9.17, 15) is 4.79 Å². The minimum absolute atomic E-state index is 0.340. The zero-order valence-electron chi connectivity index (χ0n) is 15.9. The van der Waals surface area contributed by atoms with Gasteiger partial charge in [0.15, 0.2) is 5.82 Å². The standard InChI is InChI=1S/C22H28N4O/c27-22(17-18-7-3-1-4-8-18)26-15-13-25(14-16-26)21-12-11-20(23-24-21)19-9-5-2-6-10-19/h2,5-6,9-12,18H,1,3-4,7-8,13-17H2. The van der Waals surface area contributed by atoms with Crippen LogP contribution in [0.5, 0.6) is 0 Å². The highest BCUT2D eigenvalue weighted by Gasteiger charge is 2.25. The molecule has 1 saturated carbocycles. The SMILES string of the molecule is O=C(CC1CCCCC1)N1CCN(c2ccc(-c3ccccc3)nn2)CC1. The van der Waals surface area contributed by atoms with Crippen LogP contribution in [0.2, 0.25) is 0 Å². The number of anilines is 1. The molecular formula is C22H28N4O. The molecule has 1 aromatic carbocycles. The Morgan fingerprint density at radius 2 is 1.63 bits per heavy atom. The summed E-state index contributed by atoms with van der Waals surface area (Å²) in [6.45, 7) is 3.23. The van der Waals surface area contributed by atoms with Crippen LogP contribution in [-0.2, 0) is 4.79 Å². The number of piperazine rings is 1. The summed E-state index contributed by atoms with van der Waals surface area (Å²) >= 11 is 0. The lowest BCUT2D eigenvalue weighted by Crippen LogP contribution is -2.49. The van der Waals surface area contributed by atoms with Gasteiger partial charge in [0.1, 0.15) is 0 Å². The molecule has 0 radical (unpaired) electrons. The zero-order chi connectivity index (χ0) is 18.5. The maximum Gasteiger partial charge on any atom is 0.222 e. The van der Waals surface area contributed by atoms with Gasteiger partial charge in [0.05, 0.1) is 5.69 Å². The monoisotopic (exact) mass is 364 g/mol. The van der Waals surface area contributed by atoms with Gasteiger partial charge in [-0.3, -0.25) is 4.79 Å². The third-order valence-electron chi connectivity index (χ3n) is 5.86. The van der Waals surface area contributed by atoms with Gasteiger partial charge in [0.25, 0.3) is 0 Å². The van der Waals surface area contributed by atoms with Crippen molar-refractivity contribution < 1.29 is 4.79 Å². The fourth-order valence-corrected chi connectivity index (χ4v) is 4.21. The molecule has 0 unspecified atom stereocenters. The van der Waals surface area contributed by atoms with Crippen molar-refractivity contribution in [1.82, 2.24) is 15.1 Å². The number of hydrogen-bond donors (Lipinski definition) is 0. The third kappa shape index (κ3) is 4.46. The number of carbonyl (C=O) groups is 1. The summed E-state index contributed by atoms with van der Waals surface area (Å²) in [5, 5.41) is 8.80. The number of nitrogens with zero attached hydrogens (tertiary/aromatic N) is 4. The molecule has 1 aromatic heterocycles. The van der Waals surface area contributed by atoms with Crippen LogP contribution in [0.1, 0.15) is 38.5 Å². The summed E-state index contributed by atoms with van der Waals surface area (Å²) in [7, 11) is 0. The van der Waals surface area contributed by atoms with Crippen LogP contribution in [0.3, 0.4) is 0 Å². The second-order valence-electron chi connectivity index (χ2n) is 7.72. The maximum atomic E-state index is 12.6. The van der Waals surface area contributed by atoms with Gasteiger partial charge in [0, 0.05) is 38.2 Å². The van der Waals surface area contributed by atoms with E-state index in [4.69, 9.17) is 0 Å². The summed E-state index contributed by atoms with van der Waals surface area (Å²) in [6.07, 6.45) is 7.13. The van der Waals surface area contributed by atoms with Gasteiger partial charge in [-0.05, 0) is 30.9 Å². The molecule has 5 heteroatoms. The fraction of sp³-hybridized carbons (Fsp3) is 0.500. The lowest BCUT2D eigenvalue weighted by Gasteiger charge is -2.36. The van der Waals surface area contributed by atoms with Gasteiger partial charge in [-0.25, -0.2) is 0 Å². The van der Waals surface area contributed by atoms with Crippen molar-refractivity contribution in [3.05, 3.63) is 42.5 Å². The van der Waals surface area contributed by atoms with Gasteiger partial charge >= 0.3 is 0 Å². The van der Waals surface area contributed by atoms with Gasteiger partial charge in [-0.2, -0.15) is 0 Å². The first-order chi connectivity index (χ1) is 13.3. The van der Waals surface area contributed by atoms with Crippen molar-refractivity contribution in [1.29, 1.82) is 0 Å².